The lowest BCUT2D eigenvalue weighted by Gasteiger charge is -1.79. The number of aromatic nitrogens is 3. The van der Waals surface area contributed by atoms with Gasteiger partial charge < -0.3 is 0 Å². The Morgan fingerprint density at radius 1 is 1.60 bits per heavy atom. The second-order valence-electron chi connectivity index (χ2n) is 2.16. The first-order valence-corrected chi connectivity index (χ1v) is 3.02. The van der Waals surface area contributed by atoms with Crippen molar-refractivity contribution >= 4 is 10.9 Å². The Bertz CT molecular complexity index is 317. The number of nitrogens with zero attached hydrogens (tertiary/aromatic N) is 3. The summed E-state index contributed by atoms with van der Waals surface area (Å²) in [4.78, 5) is 3.83. The van der Waals surface area contributed by atoms with Crippen LogP contribution in [0.4, 0.5) is 0 Å². The van der Waals surface area contributed by atoms with Crippen molar-refractivity contribution in [1.29, 1.82) is 0 Å². The minimum Gasteiger partial charge on any atom is -0.275 e. The maximum atomic E-state index is 4.11. The Morgan fingerprint density at radius 3 is 3.30 bits per heavy atom. The minimum absolute atomic E-state index is 0.824. The predicted molar refractivity (Wildman–Crippen MR) is 37.3 cm³/mol. The molecule has 1 radical (unpaired) electrons. The molecule has 0 N–H and O–H groups in total. The fourth-order valence-corrected chi connectivity index (χ4v) is 0.932. The molecule has 0 saturated heterocycles. The van der Waals surface area contributed by atoms with E-state index >= 15 is 0 Å². The third-order valence-electron chi connectivity index (χ3n) is 1.36. The summed E-state index contributed by atoms with van der Waals surface area (Å²) in [6.45, 7) is 0. The highest BCUT2D eigenvalue weighted by Crippen LogP contribution is 2.06. The maximum Gasteiger partial charge on any atom is 0.120 e. The molecule has 0 aliphatic rings. The van der Waals surface area contributed by atoms with Crippen LogP contribution in [0.3, 0.4) is 0 Å². The van der Waals surface area contributed by atoms with E-state index < -0.39 is 0 Å². The van der Waals surface area contributed by atoms with E-state index in [0.717, 1.165) is 10.9 Å². The van der Waals surface area contributed by atoms with Gasteiger partial charge >= 0.3 is 0 Å². The van der Waals surface area contributed by atoms with Crippen molar-refractivity contribution in [1.82, 2.24) is 14.8 Å². The third-order valence-corrected chi connectivity index (χ3v) is 1.36. The fourth-order valence-electron chi connectivity index (χ4n) is 0.932. The molecule has 0 aromatic carbocycles. The smallest absolute Gasteiger partial charge is 0.120 e. The molecule has 3 nitrogen and oxygen atoms in total. The van der Waals surface area contributed by atoms with Crippen molar-refractivity contribution in [3.05, 3.63) is 24.7 Å². The number of fused-ring (bicyclic) bond motifs is 1. The first-order valence-electron chi connectivity index (χ1n) is 3.02. The van der Waals surface area contributed by atoms with Crippen molar-refractivity contribution < 1.29 is 0 Å². The molecule has 0 fully saturated rings. The maximum absolute atomic E-state index is 4.11. The summed E-state index contributed by atoms with van der Waals surface area (Å²) < 4.78 is 1.75. The monoisotopic (exact) mass is 132 g/mol. The summed E-state index contributed by atoms with van der Waals surface area (Å²) in [5.41, 5.74) is 0.824. The van der Waals surface area contributed by atoms with Crippen LogP contribution in [-0.4, -0.2) is 14.8 Å². The van der Waals surface area contributed by atoms with Gasteiger partial charge in [-0.1, -0.05) is 0 Å². The quantitative estimate of drug-likeness (QED) is 0.530. The summed E-state index contributed by atoms with van der Waals surface area (Å²) in [6, 6.07) is 1.92. The molecule has 10 heavy (non-hydrogen) atoms. The van der Waals surface area contributed by atoms with E-state index in [9.17, 15) is 0 Å². The van der Waals surface area contributed by atoms with Crippen molar-refractivity contribution in [3.8, 4) is 0 Å². The van der Waals surface area contributed by atoms with Gasteiger partial charge in [-0.3, -0.25) is 9.67 Å². The molecule has 2 aromatic rings. The summed E-state index contributed by atoms with van der Waals surface area (Å²) >= 11 is 0. The normalized spacial score (nSPS) is 10.5. The lowest BCUT2D eigenvalue weighted by Crippen LogP contribution is -1.84. The van der Waals surface area contributed by atoms with Gasteiger partial charge in [0.1, 0.15) is 11.7 Å². The van der Waals surface area contributed by atoms with E-state index in [2.05, 4.69) is 16.3 Å². The van der Waals surface area contributed by atoms with Crippen molar-refractivity contribution in [2.75, 3.05) is 0 Å². The standard InChI is InChI=1S/C7H6N3/c1-10-5-6-2-3-8-4-7(6)9-10/h2-3,5H,1H3. The van der Waals surface area contributed by atoms with E-state index in [-0.39, 0.29) is 0 Å². The van der Waals surface area contributed by atoms with E-state index in [1.165, 1.54) is 0 Å². The largest absolute Gasteiger partial charge is 0.275 e. The molecular formula is C7H6N3. The molecule has 0 unspecified atom stereocenters. The van der Waals surface area contributed by atoms with Crippen LogP contribution in [0.5, 0.6) is 0 Å². The summed E-state index contributed by atoms with van der Waals surface area (Å²) in [6.07, 6.45) is 6.44. The van der Waals surface area contributed by atoms with Gasteiger partial charge in [0.15, 0.2) is 0 Å². The zero-order valence-electron chi connectivity index (χ0n) is 5.57. The lowest BCUT2D eigenvalue weighted by molar-refractivity contribution is 0.779. The number of rotatable bonds is 0. The summed E-state index contributed by atoms with van der Waals surface area (Å²) in [5.74, 6) is 0. The molecule has 49 valence electrons. The van der Waals surface area contributed by atoms with Crippen LogP contribution in [-0.2, 0) is 7.05 Å². The Morgan fingerprint density at radius 2 is 2.50 bits per heavy atom. The van der Waals surface area contributed by atoms with Gasteiger partial charge in [-0.2, -0.15) is 5.10 Å². The SMILES string of the molecule is Cn1cc2ccn[c]c2n1. The predicted octanol–water partition coefficient (Wildman–Crippen LogP) is 0.768. The Labute approximate surface area is 58.3 Å². The number of hydrogen-bond acceptors (Lipinski definition) is 2. The number of pyridine rings is 1. The van der Waals surface area contributed by atoms with Gasteiger partial charge in [0, 0.05) is 24.8 Å². The minimum atomic E-state index is 0.824. The molecule has 0 amide bonds. The van der Waals surface area contributed by atoms with Crippen molar-refractivity contribution in [3.63, 3.8) is 0 Å². The molecule has 0 atom stereocenters. The zero-order valence-corrected chi connectivity index (χ0v) is 5.57. The van der Waals surface area contributed by atoms with Gasteiger partial charge in [-0.25, -0.2) is 0 Å². The van der Waals surface area contributed by atoms with Crippen LogP contribution in [0.1, 0.15) is 0 Å². The van der Waals surface area contributed by atoms with Gasteiger partial charge in [0.05, 0.1) is 0 Å². The summed E-state index contributed by atoms with van der Waals surface area (Å²) in [7, 11) is 1.88. The second kappa shape index (κ2) is 1.80. The molecule has 0 bridgehead atoms. The highest BCUT2D eigenvalue weighted by atomic mass is 15.2. The molecule has 0 aliphatic heterocycles. The van der Waals surface area contributed by atoms with Gasteiger partial charge in [-0.15, -0.1) is 0 Å². The molecular weight excluding hydrogens is 126 g/mol. The van der Waals surface area contributed by atoms with Crippen LogP contribution < -0.4 is 0 Å². The Hall–Kier alpha value is -1.38. The van der Waals surface area contributed by atoms with Gasteiger partial charge in [0.25, 0.3) is 0 Å². The van der Waals surface area contributed by atoms with Crippen LogP contribution in [0.2, 0.25) is 0 Å². The van der Waals surface area contributed by atoms with E-state index in [1.807, 2.05) is 19.3 Å². The molecule has 2 heterocycles. The molecule has 0 spiro atoms. The Balaban J connectivity index is 2.88. The van der Waals surface area contributed by atoms with Gasteiger partial charge in [-0.05, 0) is 6.07 Å². The molecule has 2 rings (SSSR count). The highest BCUT2D eigenvalue weighted by Gasteiger charge is 1.94. The molecule has 0 saturated carbocycles. The number of aryl methyl sites for hydroxylation is 1. The van der Waals surface area contributed by atoms with E-state index in [0.29, 0.717) is 0 Å². The van der Waals surface area contributed by atoms with Crippen LogP contribution in [0, 0.1) is 6.20 Å². The first-order chi connectivity index (χ1) is 4.86. The van der Waals surface area contributed by atoms with Crippen LogP contribution in [0.15, 0.2) is 18.5 Å². The topological polar surface area (TPSA) is 30.7 Å². The molecule has 3 heteroatoms. The van der Waals surface area contributed by atoms with Crippen LogP contribution in [0.25, 0.3) is 10.9 Å². The summed E-state index contributed by atoms with van der Waals surface area (Å²) in [5, 5.41) is 5.19. The van der Waals surface area contributed by atoms with Crippen LogP contribution >= 0.6 is 0 Å². The second-order valence-corrected chi connectivity index (χ2v) is 2.16. The third kappa shape index (κ3) is 0.673. The average Bonchev–Trinajstić information content (AvgIpc) is 2.27. The van der Waals surface area contributed by atoms with Crippen molar-refractivity contribution in [2.24, 2.45) is 7.05 Å². The molecule has 2 aromatic heterocycles. The van der Waals surface area contributed by atoms with E-state index in [4.69, 9.17) is 0 Å². The Kier molecular flexibility index (Phi) is 0.974. The average molecular weight is 132 g/mol. The lowest BCUT2D eigenvalue weighted by atomic mass is 10.3. The van der Waals surface area contributed by atoms with E-state index in [1.54, 1.807) is 10.9 Å². The molecule has 0 aliphatic carbocycles. The van der Waals surface area contributed by atoms with Crippen molar-refractivity contribution in [2.45, 2.75) is 0 Å². The fraction of sp³-hybridized carbons (Fsp3) is 0.143. The number of hydrogen-bond donors (Lipinski definition) is 0. The highest BCUT2D eigenvalue weighted by molar-refractivity contribution is 5.75. The first kappa shape index (κ1) is 5.41. The zero-order chi connectivity index (χ0) is 6.97. The van der Waals surface area contributed by atoms with Gasteiger partial charge in [0.2, 0.25) is 0 Å².